The molecule has 0 aromatic heterocycles. The predicted molar refractivity (Wildman–Crippen MR) is 76.2 cm³/mol. The minimum atomic E-state index is -2.93. The molecule has 0 saturated carbocycles. The van der Waals surface area contributed by atoms with Gasteiger partial charge < -0.3 is 5.73 Å². The second-order valence-corrected chi connectivity index (χ2v) is 7.48. The molecule has 1 heterocycles. The zero-order valence-electron chi connectivity index (χ0n) is 11.1. The summed E-state index contributed by atoms with van der Waals surface area (Å²) in [5.74, 6) is 0.324. The Kier molecular flexibility index (Phi) is 4.39. The highest BCUT2D eigenvalue weighted by Crippen LogP contribution is 2.25. The van der Waals surface area contributed by atoms with Gasteiger partial charge in [-0.3, -0.25) is 10.1 Å². The lowest BCUT2D eigenvalue weighted by molar-refractivity contribution is -0.385. The summed E-state index contributed by atoms with van der Waals surface area (Å²) in [7, 11) is -2.93. The van der Waals surface area contributed by atoms with Crippen molar-refractivity contribution in [3.63, 3.8) is 0 Å². The molecule has 1 aliphatic heterocycles. The van der Waals surface area contributed by atoms with E-state index >= 15 is 0 Å². The summed E-state index contributed by atoms with van der Waals surface area (Å²) in [6.45, 7) is 0. The maximum Gasteiger partial charge on any atom is 0.272 e. The van der Waals surface area contributed by atoms with Crippen molar-refractivity contribution in [3.05, 3.63) is 39.9 Å². The lowest BCUT2D eigenvalue weighted by Crippen LogP contribution is -2.31. The number of hydrogen-bond donors (Lipinski definition) is 1. The first-order valence-electron chi connectivity index (χ1n) is 6.57. The van der Waals surface area contributed by atoms with Crippen molar-refractivity contribution in [2.45, 2.75) is 25.3 Å². The highest BCUT2D eigenvalue weighted by atomic mass is 32.2. The van der Waals surface area contributed by atoms with Crippen LogP contribution in [0.3, 0.4) is 0 Å². The number of hydrogen-bond acceptors (Lipinski definition) is 5. The van der Waals surface area contributed by atoms with E-state index in [1.165, 1.54) is 6.07 Å². The van der Waals surface area contributed by atoms with Crippen molar-refractivity contribution >= 4 is 15.5 Å². The average molecular weight is 298 g/mol. The Morgan fingerprint density at radius 1 is 1.40 bits per heavy atom. The summed E-state index contributed by atoms with van der Waals surface area (Å²) in [5.41, 5.74) is 6.78. The maximum absolute atomic E-state index is 11.4. The van der Waals surface area contributed by atoms with E-state index in [2.05, 4.69) is 0 Å². The molecule has 1 aromatic rings. The molecular formula is C13H18N2O4S. The second kappa shape index (κ2) is 5.88. The Morgan fingerprint density at radius 2 is 2.10 bits per heavy atom. The van der Waals surface area contributed by atoms with Crippen LogP contribution in [-0.4, -0.2) is 30.9 Å². The van der Waals surface area contributed by atoms with Crippen LogP contribution in [0.2, 0.25) is 0 Å². The maximum atomic E-state index is 11.4. The summed E-state index contributed by atoms with van der Waals surface area (Å²) in [6.07, 6.45) is 1.65. The molecule has 7 heteroatoms. The fourth-order valence-electron chi connectivity index (χ4n) is 2.62. The van der Waals surface area contributed by atoms with Gasteiger partial charge in [-0.15, -0.1) is 0 Å². The van der Waals surface area contributed by atoms with E-state index in [-0.39, 0.29) is 29.2 Å². The Balaban J connectivity index is 1.97. The number of nitro benzene ring substituents is 1. The fourth-order valence-corrected chi connectivity index (χ4v) is 4.51. The Bertz CT molecular complexity index is 600. The molecule has 2 unspecified atom stereocenters. The summed E-state index contributed by atoms with van der Waals surface area (Å²) in [6, 6.07) is 6.35. The zero-order chi connectivity index (χ0) is 14.8. The molecule has 0 bridgehead atoms. The molecule has 2 N–H and O–H groups in total. The third-order valence-electron chi connectivity index (χ3n) is 3.81. The number of sulfone groups is 1. The van der Waals surface area contributed by atoms with E-state index in [9.17, 15) is 18.5 Å². The normalized spacial score (nSPS) is 22.6. The quantitative estimate of drug-likeness (QED) is 0.651. The fraction of sp³-hybridized carbons (Fsp3) is 0.538. The van der Waals surface area contributed by atoms with Gasteiger partial charge in [-0.2, -0.15) is 0 Å². The largest absolute Gasteiger partial charge is 0.327 e. The van der Waals surface area contributed by atoms with E-state index in [1.54, 1.807) is 18.2 Å². The van der Waals surface area contributed by atoms with Gasteiger partial charge in [0.2, 0.25) is 0 Å². The van der Waals surface area contributed by atoms with Gasteiger partial charge in [-0.05, 0) is 25.2 Å². The van der Waals surface area contributed by atoms with Crippen LogP contribution < -0.4 is 5.73 Å². The molecule has 0 aliphatic carbocycles. The van der Waals surface area contributed by atoms with Crippen molar-refractivity contribution in [2.24, 2.45) is 11.7 Å². The molecule has 1 fully saturated rings. The van der Waals surface area contributed by atoms with Crippen molar-refractivity contribution in [2.75, 3.05) is 11.5 Å². The molecule has 1 aliphatic rings. The van der Waals surface area contributed by atoms with Gasteiger partial charge in [0.25, 0.3) is 5.69 Å². The Morgan fingerprint density at radius 3 is 2.70 bits per heavy atom. The first kappa shape index (κ1) is 14.9. The van der Waals surface area contributed by atoms with Gasteiger partial charge in [0.05, 0.1) is 16.4 Å². The number of nitro groups is 1. The van der Waals surface area contributed by atoms with Crippen LogP contribution in [-0.2, 0) is 16.3 Å². The molecule has 2 rings (SSSR count). The van der Waals surface area contributed by atoms with Crippen LogP contribution in [0.1, 0.15) is 18.4 Å². The Labute approximate surface area is 118 Å². The van der Waals surface area contributed by atoms with E-state index in [4.69, 9.17) is 5.73 Å². The van der Waals surface area contributed by atoms with Crippen LogP contribution in [0.4, 0.5) is 5.69 Å². The van der Waals surface area contributed by atoms with Crippen LogP contribution in [0.15, 0.2) is 24.3 Å². The molecule has 0 amide bonds. The van der Waals surface area contributed by atoms with Gasteiger partial charge in [0, 0.05) is 17.7 Å². The van der Waals surface area contributed by atoms with E-state index < -0.39 is 14.8 Å². The van der Waals surface area contributed by atoms with E-state index in [1.807, 2.05) is 0 Å². The third kappa shape index (κ3) is 3.55. The highest BCUT2D eigenvalue weighted by Gasteiger charge is 2.31. The smallest absolute Gasteiger partial charge is 0.272 e. The topological polar surface area (TPSA) is 103 Å². The minimum Gasteiger partial charge on any atom is -0.327 e. The first-order chi connectivity index (χ1) is 9.39. The van der Waals surface area contributed by atoms with Crippen LogP contribution in [0, 0.1) is 16.0 Å². The average Bonchev–Trinajstić information content (AvgIpc) is 2.76. The summed E-state index contributed by atoms with van der Waals surface area (Å²) >= 11 is 0. The van der Waals surface area contributed by atoms with Crippen molar-refractivity contribution < 1.29 is 13.3 Å². The van der Waals surface area contributed by atoms with Gasteiger partial charge in [-0.1, -0.05) is 18.2 Å². The number of rotatable bonds is 5. The molecule has 2 atom stereocenters. The summed E-state index contributed by atoms with van der Waals surface area (Å²) in [5, 5.41) is 10.9. The standard InChI is InChI=1S/C13H18N2O4S/c14-12(11-7-8-20(18,19)9-11)6-5-10-3-1-2-4-13(10)15(16)17/h1-4,11-12H,5-9,14H2. The molecular weight excluding hydrogens is 280 g/mol. The van der Waals surface area contributed by atoms with Gasteiger partial charge in [0.1, 0.15) is 0 Å². The molecule has 1 saturated heterocycles. The monoisotopic (exact) mass is 298 g/mol. The summed E-state index contributed by atoms with van der Waals surface area (Å²) < 4.78 is 22.8. The lowest BCUT2D eigenvalue weighted by Gasteiger charge is -2.17. The molecule has 20 heavy (non-hydrogen) atoms. The summed E-state index contributed by atoms with van der Waals surface area (Å²) in [4.78, 5) is 10.5. The molecule has 110 valence electrons. The molecule has 6 nitrogen and oxygen atoms in total. The SMILES string of the molecule is NC(CCc1ccccc1[N+](=O)[O-])C1CCS(=O)(=O)C1. The van der Waals surface area contributed by atoms with Crippen LogP contribution in [0.25, 0.3) is 0 Å². The van der Waals surface area contributed by atoms with Crippen molar-refractivity contribution in [1.82, 2.24) is 0 Å². The second-order valence-electron chi connectivity index (χ2n) is 5.25. The minimum absolute atomic E-state index is 0.0252. The van der Waals surface area contributed by atoms with Gasteiger partial charge in [0.15, 0.2) is 9.84 Å². The molecule has 1 aromatic carbocycles. The van der Waals surface area contributed by atoms with Gasteiger partial charge >= 0.3 is 0 Å². The van der Waals surface area contributed by atoms with E-state index in [0.29, 0.717) is 24.8 Å². The number of nitrogens with two attached hydrogens (primary N) is 1. The number of para-hydroxylation sites is 1. The van der Waals surface area contributed by atoms with E-state index in [0.717, 1.165) is 0 Å². The predicted octanol–water partition coefficient (Wildman–Crippen LogP) is 1.29. The number of nitrogens with zero attached hydrogens (tertiary/aromatic N) is 1. The van der Waals surface area contributed by atoms with Crippen LogP contribution in [0.5, 0.6) is 0 Å². The lowest BCUT2D eigenvalue weighted by atomic mass is 9.94. The molecule has 0 radical (unpaired) electrons. The molecule has 0 spiro atoms. The highest BCUT2D eigenvalue weighted by molar-refractivity contribution is 7.91. The number of aryl methyl sites for hydroxylation is 1. The third-order valence-corrected chi connectivity index (χ3v) is 5.60. The Hall–Kier alpha value is -1.47. The zero-order valence-corrected chi connectivity index (χ0v) is 11.9. The number of benzene rings is 1. The van der Waals surface area contributed by atoms with Gasteiger partial charge in [-0.25, -0.2) is 8.42 Å². The van der Waals surface area contributed by atoms with Crippen molar-refractivity contribution in [1.29, 1.82) is 0 Å². The van der Waals surface area contributed by atoms with Crippen LogP contribution >= 0.6 is 0 Å². The van der Waals surface area contributed by atoms with Crippen molar-refractivity contribution in [3.8, 4) is 0 Å². The first-order valence-corrected chi connectivity index (χ1v) is 8.39.